The van der Waals surface area contributed by atoms with Crippen LogP contribution in [0.2, 0.25) is 0 Å². The van der Waals surface area contributed by atoms with Gasteiger partial charge in [-0.3, -0.25) is 0 Å². The zero-order valence-corrected chi connectivity index (χ0v) is 12.3. The first-order valence-electron chi connectivity index (χ1n) is 7.44. The van der Waals surface area contributed by atoms with Gasteiger partial charge in [0.1, 0.15) is 0 Å². The highest BCUT2D eigenvalue weighted by Crippen LogP contribution is 2.19. The molecule has 1 atom stereocenters. The molecule has 3 nitrogen and oxygen atoms in total. The van der Waals surface area contributed by atoms with Crippen LogP contribution in [0.3, 0.4) is 0 Å². The second-order valence-corrected chi connectivity index (χ2v) is 6.19. The van der Waals surface area contributed by atoms with Crippen molar-refractivity contribution in [2.75, 3.05) is 26.2 Å². The van der Waals surface area contributed by atoms with Crippen molar-refractivity contribution >= 4 is 0 Å². The molecule has 1 rings (SSSR count). The molecule has 1 heterocycles. The van der Waals surface area contributed by atoms with Crippen molar-refractivity contribution in [3.05, 3.63) is 0 Å². The summed E-state index contributed by atoms with van der Waals surface area (Å²) in [6, 6.07) is 3.08. The summed E-state index contributed by atoms with van der Waals surface area (Å²) in [5.74, 6) is 0. The van der Waals surface area contributed by atoms with Gasteiger partial charge in [0, 0.05) is 12.6 Å². The van der Waals surface area contributed by atoms with Gasteiger partial charge in [0.05, 0.1) is 11.5 Å². The molecule has 1 saturated heterocycles. The molecule has 0 aromatic carbocycles. The summed E-state index contributed by atoms with van der Waals surface area (Å²) in [5, 5.41) is 12.7. The quantitative estimate of drug-likeness (QED) is 0.721. The molecule has 18 heavy (non-hydrogen) atoms. The van der Waals surface area contributed by atoms with Gasteiger partial charge in [0.2, 0.25) is 0 Å². The first kappa shape index (κ1) is 15.5. The number of nitrogens with one attached hydrogen (secondary N) is 1. The topological polar surface area (TPSA) is 39.1 Å². The molecule has 0 radical (unpaired) electrons. The molecular weight excluding hydrogens is 222 g/mol. The summed E-state index contributed by atoms with van der Waals surface area (Å²) >= 11 is 0. The molecule has 0 bridgehead atoms. The predicted octanol–water partition coefficient (Wildman–Crippen LogP) is 2.78. The molecule has 1 fully saturated rings. The van der Waals surface area contributed by atoms with Crippen LogP contribution >= 0.6 is 0 Å². The van der Waals surface area contributed by atoms with E-state index in [1.807, 2.05) is 13.8 Å². The Balaban J connectivity index is 2.37. The third kappa shape index (κ3) is 5.84. The van der Waals surface area contributed by atoms with E-state index in [1.54, 1.807) is 0 Å². The van der Waals surface area contributed by atoms with E-state index in [0.29, 0.717) is 6.04 Å². The standard InChI is InChI=1S/C15H29N3/c1-4-5-10-18(11-8-15(2,3)13-16)12-14-7-6-9-17-14/h14,17H,4-12H2,1-3H3. The van der Waals surface area contributed by atoms with E-state index in [4.69, 9.17) is 5.26 Å². The minimum atomic E-state index is -0.187. The lowest BCUT2D eigenvalue weighted by molar-refractivity contribution is 0.220. The highest BCUT2D eigenvalue weighted by atomic mass is 15.1. The number of hydrogen-bond acceptors (Lipinski definition) is 3. The minimum Gasteiger partial charge on any atom is -0.313 e. The fraction of sp³-hybridized carbons (Fsp3) is 0.933. The van der Waals surface area contributed by atoms with Gasteiger partial charge in [-0.1, -0.05) is 13.3 Å². The number of nitrogens with zero attached hydrogens (tertiary/aromatic N) is 2. The van der Waals surface area contributed by atoms with Crippen LogP contribution in [0.25, 0.3) is 0 Å². The third-order valence-corrected chi connectivity index (χ3v) is 3.82. The van der Waals surface area contributed by atoms with E-state index in [2.05, 4.69) is 23.2 Å². The van der Waals surface area contributed by atoms with Crippen LogP contribution in [0.1, 0.15) is 52.9 Å². The van der Waals surface area contributed by atoms with E-state index in [0.717, 1.165) is 19.5 Å². The van der Waals surface area contributed by atoms with Crippen molar-refractivity contribution in [3.63, 3.8) is 0 Å². The summed E-state index contributed by atoms with van der Waals surface area (Å²) in [7, 11) is 0. The maximum Gasteiger partial charge on any atom is 0.0684 e. The second-order valence-electron chi connectivity index (χ2n) is 6.19. The molecule has 0 aromatic heterocycles. The molecule has 1 aliphatic heterocycles. The van der Waals surface area contributed by atoms with Crippen molar-refractivity contribution in [1.82, 2.24) is 10.2 Å². The second kappa shape index (κ2) is 7.76. The minimum absolute atomic E-state index is 0.187. The Morgan fingerprint density at radius 3 is 2.72 bits per heavy atom. The van der Waals surface area contributed by atoms with Crippen LogP contribution in [-0.2, 0) is 0 Å². The van der Waals surface area contributed by atoms with Gasteiger partial charge in [-0.05, 0) is 59.2 Å². The smallest absolute Gasteiger partial charge is 0.0684 e. The molecule has 1 aliphatic rings. The zero-order chi connectivity index (χ0) is 13.4. The SMILES string of the molecule is CCCCN(CCC(C)(C)C#N)CC1CCCN1. The summed E-state index contributed by atoms with van der Waals surface area (Å²) in [5.41, 5.74) is -0.187. The van der Waals surface area contributed by atoms with E-state index in [-0.39, 0.29) is 5.41 Å². The lowest BCUT2D eigenvalue weighted by Gasteiger charge is -2.28. The summed E-state index contributed by atoms with van der Waals surface area (Å²) < 4.78 is 0. The van der Waals surface area contributed by atoms with Crippen LogP contribution in [0.4, 0.5) is 0 Å². The Bertz CT molecular complexity index is 261. The maximum atomic E-state index is 9.09. The fourth-order valence-corrected chi connectivity index (χ4v) is 2.39. The monoisotopic (exact) mass is 251 g/mol. The highest BCUT2D eigenvalue weighted by Gasteiger charge is 2.21. The molecule has 1 N–H and O–H groups in total. The Morgan fingerprint density at radius 1 is 1.39 bits per heavy atom. The molecule has 1 unspecified atom stereocenters. The van der Waals surface area contributed by atoms with Gasteiger partial charge in [-0.2, -0.15) is 5.26 Å². The molecule has 3 heteroatoms. The molecule has 0 saturated carbocycles. The first-order chi connectivity index (χ1) is 8.57. The van der Waals surface area contributed by atoms with E-state index in [9.17, 15) is 0 Å². The van der Waals surface area contributed by atoms with Crippen molar-refractivity contribution in [3.8, 4) is 6.07 Å². The van der Waals surface area contributed by atoms with Gasteiger partial charge in [-0.25, -0.2) is 0 Å². The predicted molar refractivity (Wildman–Crippen MR) is 76.4 cm³/mol. The molecule has 0 aromatic rings. The molecule has 0 aliphatic carbocycles. The van der Waals surface area contributed by atoms with Crippen LogP contribution in [0.15, 0.2) is 0 Å². The molecule has 0 amide bonds. The number of rotatable bonds is 8. The number of unbranched alkanes of at least 4 members (excludes halogenated alkanes) is 1. The van der Waals surface area contributed by atoms with Gasteiger partial charge in [-0.15, -0.1) is 0 Å². The molecule has 0 spiro atoms. The normalized spacial score (nSPS) is 20.3. The van der Waals surface area contributed by atoms with Crippen LogP contribution in [0, 0.1) is 16.7 Å². The maximum absolute atomic E-state index is 9.09. The van der Waals surface area contributed by atoms with Crippen molar-refractivity contribution < 1.29 is 0 Å². The summed E-state index contributed by atoms with van der Waals surface area (Å²) in [4.78, 5) is 2.55. The zero-order valence-electron chi connectivity index (χ0n) is 12.3. The highest BCUT2D eigenvalue weighted by molar-refractivity contribution is 4.92. The third-order valence-electron chi connectivity index (χ3n) is 3.82. The Kier molecular flexibility index (Phi) is 6.67. The largest absolute Gasteiger partial charge is 0.313 e. The Hall–Kier alpha value is -0.590. The van der Waals surface area contributed by atoms with Gasteiger partial charge < -0.3 is 10.2 Å². The molecular formula is C15H29N3. The Labute approximate surface area is 113 Å². The number of nitriles is 1. The summed E-state index contributed by atoms with van der Waals surface area (Å²) in [6.07, 6.45) is 6.11. The average molecular weight is 251 g/mol. The Morgan fingerprint density at radius 2 is 2.17 bits per heavy atom. The number of hydrogen-bond donors (Lipinski definition) is 1. The van der Waals surface area contributed by atoms with Crippen LogP contribution < -0.4 is 5.32 Å². The lowest BCUT2D eigenvalue weighted by atomic mass is 9.91. The van der Waals surface area contributed by atoms with Crippen molar-refractivity contribution in [2.45, 2.75) is 58.9 Å². The van der Waals surface area contributed by atoms with Crippen molar-refractivity contribution in [1.29, 1.82) is 5.26 Å². The van der Waals surface area contributed by atoms with Crippen LogP contribution in [0.5, 0.6) is 0 Å². The lowest BCUT2D eigenvalue weighted by Crippen LogP contribution is -2.39. The van der Waals surface area contributed by atoms with Crippen LogP contribution in [-0.4, -0.2) is 37.1 Å². The van der Waals surface area contributed by atoms with E-state index in [1.165, 1.54) is 38.8 Å². The van der Waals surface area contributed by atoms with Gasteiger partial charge in [0.25, 0.3) is 0 Å². The molecule has 104 valence electrons. The first-order valence-corrected chi connectivity index (χ1v) is 7.44. The fourth-order valence-electron chi connectivity index (χ4n) is 2.39. The average Bonchev–Trinajstić information content (AvgIpc) is 2.85. The van der Waals surface area contributed by atoms with Crippen molar-refractivity contribution in [2.24, 2.45) is 5.41 Å². The van der Waals surface area contributed by atoms with Gasteiger partial charge >= 0.3 is 0 Å². The van der Waals surface area contributed by atoms with E-state index < -0.39 is 0 Å². The summed E-state index contributed by atoms with van der Waals surface area (Å²) in [6.45, 7) is 10.9. The van der Waals surface area contributed by atoms with Gasteiger partial charge in [0.15, 0.2) is 0 Å². The van der Waals surface area contributed by atoms with E-state index >= 15 is 0 Å².